The zero-order chi connectivity index (χ0) is 23.6. The monoisotopic (exact) mass is 472 g/mol. The number of ketones is 1. The zero-order valence-electron chi connectivity index (χ0n) is 17.8. The second kappa shape index (κ2) is 7.64. The van der Waals surface area contributed by atoms with Gasteiger partial charge in [-0.25, -0.2) is 9.29 Å². The molecule has 168 valence electrons. The summed E-state index contributed by atoms with van der Waals surface area (Å²) < 4.78 is 14.0. The zero-order valence-corrected chi connectivity index (χ0v) is 18.5. The highest BCUT2D eigenvalue weighted by Gasteiger charge is 2.64. The van der Waals surface area contributed by atoms with Crippen molar-refractivity contribution in [2.24, 2.45) is 11.8 Å². The molecule has 2 fully saturated rings. The summed E-state index contributed by atoms with van der Waals surface area (Å²) >= 11 is 6.01. The first-order chi connectivity index (χ1) is 16.5. The average Bonchev–Trinajstić information content (AvgIpc) is 3.31. The van der Waals surface area contributed by atoms with Crippen molar-refractivity contribution in [2.45, 2.75) is 12.1 Å². The van der Waals surface area contributed by atoms with Crippen LogP contribution < -0.4 is 4.90 Å². The van der Waals surface area contributed by atoms with E-state index in [0.717, 1.165) is 16.0 Å². The molecule has 0 aliphatic carbocycles. The summed E-state index contributed by atoms with van der Waals surface area (Å²) in [5.41, 5.74) is 2.40. The molecule has 7 heteroatoms. The van der Waals surface area contributed by atoms with E-state index in [2.05, 4.69) is 0 Å². The highest BCUT2D eigenvalue weighted by Crippen LogP contribution is 2.53. The Morgan fingerprint density at radius 2 is 1.62 bits per heavy atom. The van der Waals surface area contributed by atoms with Crippen molar-refractivity contribution >= 4 is 41.0 Å². The number of halogens is 2. The third-order valence-corrected chi connectivity index (χ3v) is 7.18. The van der Waals surface area contributed by atoms with Gasteiger partial charge in [-0.05, 0) is 59.7 Å². The fourth-order valence-electron chi connectivity index (χ4n) is 5.51. The largest absolute Gasteiger partial charge is 0.358 e. The Hall–Kier alpha value is -3.77. The Balaban J connectivity index is 1.50. The molecule has 0 aromatic heterocycles. The molecule has 0 saturated carbocycles. The van der Waals surface area contributed by atoms with Gasteiger partial charge >= 0.3 is 0 Å². The third-order valence-electron chi connectivity index (χ3n) is 6.93. The van der Waals surface area contributed by atoms with Gasteiger partial charge < -0.3 is 4.90 Å². The first kappa shape index (κ1) is 20.8. The van der Waals surface area contributed by atoms with Gasteiger partial charge in [0.05, 0.1) is 23.6 Å². The highest BCUT2D eigenvalue weighted by atomic mass is 35.5. The normalized spacial score (nSPS) is 24.8. The SMILES string of the molecule is O=C(c1ccc(Cl)cc1)[C@@H]1[C@@H]2C(=O)N(c3cccc(F)c3)C(=O)[C@@H]2[C@H]2c3ccccc3C=CN12. The van der Waals surface area contributed by atoms with Crippen molar-refractivity contribution in [2.75, 3.05) is 4.90 Å². The van der Waals surface area contributed by atoms with Crippen molar-refractivity contribution in [1.82, 2.24) is 4.90 Å². The van der Waals surface area contributed by atoms with Gasteiger partial charge in [0.1, 0.15) is 11.9 Å². The topological polar surface area (TPSA) is 57.7 Å². The maximum absolute atomic E-state index is 14.0. The third kappa shape index (κ3) is 2.95. The second-order valence-corrected chi connectivity index (χ2v) is 9.13. The van der Waals surface area contributed by atoms with E-state index in [1.165, 1.54) is 24.3 Å². The molecule has 0 N–H and O–H groups in total. The number of amides is 2. The molecule has 3 aliphatic heterocycles. The number of imide groups is 1. The maximum Gasteiger partial charge on any atom is 0.240 e. The lowest BCUT2D eigenvalue weighted by molar-refractivity contribution is -0.123. The van der Waals surface area contributed by atoms with Gasteiger partial charge in [-0.2, -0.15) is 0 Å². The van der Waals surface area contributed by atoms with Crippen LogP contribution in [0.4, 0.5) is 10.1 Å². The van der Waals surface area contributed by atoms with E-state index < -0.39 is 41.6 Å². The minimum atomic E-state index is -0.903. The molecule has 3 aliphatic rings. The minimum Gasteiger partial charge on any atom is -0.358 e. The molecule has 0 radical (unpaired) electrons. The molecule has 2 amide bonds. The Bertz CT molecular complexity index is 1390. The summed E-state index contributed by atoms with van der Waals surface area (Å²) in [5, 5.41) is 0.495. The number of rotatable bonds is 3. The van der Waals surface area contributed by atoms with E-state index in [4.69, 9.17) is 11.6 Å². The van der Waals surface area contributed by atoms with Gasteiger partial charge in [0.25, 0.3) is 0 Å². The van der Waals surface area contributed by atoms with Crippen LogP contribution >= 0.6 is 11.6 Å². The molecule has 0 bridgehead atoms. The van der Waals surface area contributed by atoms with Crippen LogP contribution in [0.15, 0.2) is 79.0 Å². The lowest BCUT2D eigenvalue weighted by Crippen LogP contribution is -2.44. The van der Waals surface area contributed by atoms with Crippen molar-refractivity contribution < 1.29 is 18.8 Å². The highest BCUT2D eigenvalue weighted by molar-refractivity contribution is 6.30. The van der Waals surface area contributed by atoms with Crippen LogP contribution in [0.1, 0.15) is 27.5 Å². The number of carbonyl (C=O) groups is 3. The van der Waals surface area contributed by atoms with Gasteiger partial charge in [-0.1, -0.05) is 41.9 Å². The molecule has 4 atom stereocenters. The lowest BCUT2D eigenvalue weighted by atomic mass is 9.83. The van der Waals surface area contributed by atoms with E-state index >= 15 is 0 Å². The van der Waals surface area contributed by atoms with Crippen LogP contribution in [0.2, 0.25) is 5.02 Å². The average molecular weight is 473 g/mol. The summed E-state index contributed by atoms with van der Waals surface area (Å²) in [6.45, 7) is 0. The molecule has 6 rings (SSSR count). The molecule has 3 heterocycles. The van der Waals surface area contributed by atoms with Crippen molar-refractivity contribution in [3.63, 3.8) is 0 Å². The Morgan fingerprint density at radius 1 is 0.882 bits per heavy atom. The smallest absolute Gasteiger partial charge is 0.240 e. The quantitative estimate of drug-likeness (QED) is 0.403. The summed E-state index contributed by atoms with van der Waals surface area (Å²) in [5.74, 6) is -3.40. The Morgan fingerprint density at radius 3 is 2.38 bits per heavy atom. The molecule has 0 spiro atoms. The summed E-state index contributed by atoms with van der Waals surface area (Å²) in [6.07, 6.45) is 3.70. The molecule has 3 aromatic rings. The number of nitrogens with zero attached hydrogens (tertiary/aromatic N) is 2. The number of carbonyl (C=O) groups excluding carboxylic acids is 3. The Labute approximate surface area is 200 Å². The predicted molar refractivity (Wildman–Crippen MR) is 125 cm³/mol. The van der Waals surface area contributed by atoms with Crippen molar-refractivity contribution in [1.29, 1.82) is 0 Å². The van der Waals surface area contributed by atoms with Gasteiger partial charge in [-0.15, -0.1) is 0 Å². The molecular weight excluding hydrogens is 455 g/mol. The summed E-state index contributed by atoms with van der Waals surface area (Å²) in [6, 6.07) is 18.2. The van der Waals surface area contributed by atoms with E-state index in [1.807, 2.05) is 35.2 Å². The molecule has 34 heavy (non-hydrogen) atoms. The van der Waals surface area contributed by atoms with Crippen molar-refractivity contribution in [3.8, 4) is 0 Å². The van der Waals surface area contributed by atoms with Crippen molar-refractivity contribution in [3.05, 3.63) is 107 Å². The maximum atomic E-state index is 14.0. The Kier molecular flexibility index (Phi) is 4.67. The number of hydrogen-bond acceptors (Lipinski definition) is 4. The fraction of sp³-hybridized carbons (Fsp3) is 0.148. The standard InChI is InChI=1S/C27H18ClFN2O3/c28-17-10-8-16(9-11-17)25(32)24-22-21(23-20-7-2-1-4-15(20)12-13-30(23)24)26(33)31(27(22)34)19-6-3-5-18(29)14-19/h1-14,21-24H/t21-,22+,23+,24-/m0/s1. The number of benzene rings is 3. The van der Waals surface area contributed by atoms with Crippen LogP contribution in [-0.4, -0.2) is 28.5 Å². The molecule has 5 nitrogen and oxygen atoms in total. The van der Waals surface area contributed by atoms with E-state index in [0.29, 0.717) is 10.6 Å². The number of anilines is 1. The number of hydrogen-bond donors (Lipinski definition) is 0. The molecule has 0 unspecified atom stereocenters. The van der Waals surface area contributed by atoms with Crippen LogP contribution in [0.5, 0.6) is 0 Å². The number of fused-ring (bicyclic) bond motifs is 5. The second-order valence-electron chi connectivity index (χ2n) is 8.70. The lowest BCUT2D eigenvalue weighted by Gasteiger charge is -2.35. The number of Topliss-reactive ketones (excluding diaryl/α,β-unsaturated/α-hetero) is 1. The van der Waals surface area contributed by atoms with E-state index in [-0.39, 0.29) is 11.5 Å². The summed E-state index contributed by atoms with van der Waals surface area (Å²) in [4.78, 5) is 44.1. The van der Waals surface area contributed by atoms with E-state index in [1.54, 1.807) is 30.5 Å². The van der Waals surface area contributed by atoms with Crippen LogP contribution in [0, 0.1) is 17.7 Å². The van der Waals surface area contributed by atoms with Crippen LogP contribution in [0.3, 0.4) is 0 Å². The van der Waals surface area contributed by atoms with Crippen LogP contribution in [0.25, 0.3) is 6.08 Å². The van der Waals surface area contributed by atoms with Gasteiger partial charge in [-0.3, -0.25) is 14.4 Å². The van der Waals surface area contributed by atoms with Crippen LogP contribution in [-0.2, 0) is 9.59 Å². The first-order valence-electron chi connectivity index (χ1n) is 10.9. The fourth-order valence-corrected chi connectivity index (χ4v) is 5.64. The molecule has 2 saturated heterocycles. The van der Waals surface area contributed by atoms with Gasteiger partial charge in [0.15, 0.2) is 5.78 Å². The van der Waals surface area contributed by atoms with Gasteiger partial charge in [0, 0.05) is 16.8 Å². The molecule has 3 aromatic carbocycles. The summed E-state index contributed by atoms with van der Waals surface area (Å²) in [7, 11) is 0. The minimum absolute atomic E-state index is 0.174. The predicted octanol–water partition coefficient (Wildman–Crippen LogP) is 4.88. The van der Waals surface area contributed by atoms with Gasteiger partial charge in [0.2, 0.25) is 11.8 Å². The molecular formula is C27H18ClFN2O3. The first-order valence-corrected chi connectivity index (χ1v) is 11.3. The van der Waals surface area contributed by atoms with E-state index in [9.17, 15) is 18.8 Å².